The van der Waals surface area contributed by atoms with Gasteiger partial charge in [0, 0.05) is 25.1 Å². The number of nitrogens with one attached hydrogen (secondary N) is 1. The van der Waals surface area contributed by atoms with Crippen LogP contribution in [0.3, 0.4) is 0 Å². The largest absolute Gasteiger partial charge is 0.478 e. The molecule has 42 heavy (non-hydrogen) atoms. The lowest BCUT2D eigenvalue weighted by Crippen LogP contribution is -2.53. The van der Waals surface area contributed by atoms with E-state index < -0.39 is 47.1 Å². The summed E-state index contributed by atoms with van der Waals surface area (Å²) in [7, 11) is 0. The minimum absolute atomic E-state index is 0.0383. The maximum absolute atomic E-state index is 13.1. The molecule has 0 aromatic heterocycles. The molecule has 1 amide bonds. The number of aryl methyl sites for hydroxylation is 1. The van der Waals surface area contributed by atoms with Crippen molar-refractivity contribution in [2.75, 3.05) is 26.4 Å². The van der Waals surface area contributed by atoms with E-state index in [1.807, 2.05) is 30.3 Å². The first-order valence-corrected chi connectivity index (χ1v) is 13.3. The molecule has 1 heterocycles. The Morgan fingerprint density at radius 3 is 2.31 bits per heavy atom. The van der Waals surface area contributed by atoms with Crippen molar-refractivity contribution < 1.29 is 53.6 Å². The molecule has 2 rings (SSSR count). The molecular weight excluding hydrogens is 558 g/mol. The minimum atomic E-state index is -1.26. The van der Waals surface area contributed by atoms with Crippen LogP contribution < -0.4 is 5.32 Å². The second-order valence-electron chi connectivity index (χ2n) is 8.99. The Kier molecular flexibility index (Phi) is 16.5. The number of aliphatic carboxylic acids is 2. The monoisotopic (exact) mass is 595 g/mol. The third kappa shape index (κ3) is 14.2. The standard InChI is InChI=1S/C23H33N3O8.C4H4O4/c1-3-32-22(28)19(13-12-18-9-5-4-6-10-18)24-17(2)21(27)25-14-7-11-20(25)23(29)33-15-8-16-34-26(30)31;5-3(6)1-2-4(7)8/h4-6,9-10,17,19-20,24H,3,7-8,11-16H2,1-2H3;1-2H,(H,5,6)(H,7,8)/t17-,19-,20-;/m0./s1. The summed E-state index contributed by atoms with van der Waals surface area (Å²) in [5, 5.41) is 28.0. The fourth-order valence-corrected chi connectivity index (χ4v) is 3.97. The van der Waals surface area contributed by atoms with Crippen LogP contribution in [0.25, 0.3) is 0 Å². The average Bonchev–Trinajstić information content (AvgIpc) is 3.44. The number of ether oxygens (including phenoxy) is 2. The van der Waals surface area contributed by atoms with Crippen LogP contribution in [-0.4, -0.2) is 94.5 Å². The second kappa shape index (κ2) is 19.5. The molecule has 1 aromatic carbocycles. The maximum Gasteiger partial charge on any atom is 0.328 e. The molecule has 232 valence electrons. The van der Waals surface area contributed by atoms with Crippen LogP contribution in [0, 0.1) is 10.1 Å². The number of esters is 2. The van der Waals surface area contributed by atoms with Crippen LogP contribution >= 0.6 is 0 Å². The first-order chi connectivity index (χ1) is 20.0. The van der Waals surface area contributed by atoms with Crippen LogP contribution in [0.2, 0.25) is 0 Å². The van der Waals surface area contributed by atoms with Crippen molar-refractivity contribution >= 4 is 29.8 Å². The summed E-state index contributed by atoms with van der Waals surface area (Å²) in [6.45, 7) is 3.81. The molecule has 0 saturated carbocycles. The number of amides is 1. The van der Waals surface area contributed by atoms with E-state index in [-0.39, 0.29) is 32.1 Å². The third-order valence-corrected chi connectivity index (χ3v) is 5.86. The van der Waals surface area contributed by atoms with Crippen molar-refractivity contribution in [2.45, 2.75) is 64.1 Å². The Balaban J connectivity index is 0.000000962. The van der Waals surface area contributed by atoms with Crippen molar-refractivity contribution in [3.63, 3.8) is 0 Å². The summed E-state index contributed by atoms with van der Waals surface area (Å²) >= 11 is 0. The van der Waals surface area contributed by atoms with E-state index in [2.05, 4.69) is 10.2 Å². The van der Waals surface area contributed by atoms with Gasteiger partial charge >= 0.3 is 23.9 Å². The van der Waals surface area contributed by atoms with Crippen molar-refractivity contribution in [2.24, 2.45) is 0 Å². The predicted octanol–water partition coefficient (Wildman–Crippen LogP) is 1.37. The lowest BCUT2D eigenvalue weighted by molar-refractivity contribution is -0.757. The minimum Gasteiger partial charge on any atom is -0.478 e. The SMILES string of the molecule is CCOC(=O)[C@H](CCc1ccccc1)N[C@@H](C)C(=O)N1CCC[C@H]1C(=O)OCCCO[N+](=O)[O-].O=C(O)C=CC(=O)O. The molecule has 1 aromatic rings. The topological polar surface area (TPSA) is 212 Å². The molecule has 15 nitrogen and oxygen atoms in total. The van der Waals surface area contributed by atoms with Gasteiger partial charge < -0.3 is 29.4 Å². The summed E-state index contributed by atoms with van der Waals surface area (Å²) in [6.07, 6.45) is 3.50. The summed E-state index contributed by atoms with van der Waals surface area (Å²) < 4.78 is 10.4. The normalized spacial score (nSPS) is 15.6. The second-order valence-corrected chi connectivity index (χ2v) is 8.99. The lowest BCUT2D eigenvalue weighted by atomic mass is 10.0. The van der Waals surface area contributed by atoms with Gasteiger partial charge in [0.25, 0.3) is 5.09 Å². The molecule has 0 spiro atoms. The summed E-state index contributed by atoms with van der Waals surface area (Å²) in [5.41, 5.74) is 1.07. The molecule has 1 fully saturated rings. The summed E-state index contributed by atoms with van der Waals surface area (Å²) in [6, 6.07) is 7.61. The van der Waals surface area contributed by atoms with E-state index >= 15 is 0 Å². The molecule has 1 saturated heterocycles. The summed E-state index contributed by atoms with van der Waals surface area (Å²) in [5.74, 6) is -3.79. The zero-order valence-electron chi connectivity index (χ0n) is 23.5. The van der Waals surface area contributed by atoms with Gasteiger partial charge in [-0.15, -0.1) is 10.1 Å². The van der Waals surface area contributed by atoms with E-state index in [0.29, 0.717) is 44.4 Å². The van der Waals surface area contributed by atoms with E-state index in [4.69, 9.17) is 19.7 Å². The van der Waals surface area contributed by atoms with Crippen LogP contribution in [-0.2, 0) is 44.7 Å². The third-order valence-electron chi connectivity index (χ3n) is 5.86. The van der Waals surface area contributed by atoms with E-state index in [0.717, 1.165) is 5.56 Å². The number of hydrogen-bond acceptors (Lipinski definition) is 11. The number of benzene rings is 1. The Bertz CT molecular complexity index is 1060. The highest BCUT2D eigenvalue weighted by atomic mass is 16.9. The molecule has 0 unspecified atom stereocenters. The van der Waals surface area contributed by atoms with Gasteiger partial charge in [-0.2, -0.15) is 0 Å². The summed E-state index contributed by atoms with van der Waals surface area (Å²) in [4.78, 5) is 73.0. The quantitative estimate of drug-likeness (QED) is 0.0811. The maximum atomic E-state index is 13.1. The van der Waals surface area contributed by atoms with E-state index in [1.165, 1.54) is 4.90 Å². The molecule has 0 bridgehead atoms. The van der Waals surface area contributed by atoms with Crippen LogP contribution in [0.15, 0.2) is 42.5 Å². The Morgan fingerprint density at radius 2 is 1.74 bits per heavy atom. The van der Waals surface area contributed by atoms with E-state index in [1.54, 1.807) is 13.8 Å². The van der Waals surface area contributed by atoms with Gasteiger partial charge in [-0.25, -0.2) is 14.4 Å². The Hall–Kier alpha value is -4.53. The first kappa shape index (κ1) is 35.5. The van der Waals surface area contributed by atoms with Crippen molar-refractivity contribution in [1.29, 1.82) is 0 Å². The zero-order chi connectivity index (χ0) is 31.5. The average molecular weight is 596 g/mol. The van der Waals surface area contributed by atoms with Crippen molar-refractivity contribution in [3.8, 4) is 0 Å². The van der Waals surface area contributed by atoms with Gasteiger partial charge in [0.15, 0.2) is 0 Å². The number of rotatable bonds is 16. The zero-order valence-corrected chi connectivity index (χ0v) is 23.5. The first-order valence-electron chi connectivity index (χ1n) is 13.3. The van der Waals surface area contributed by atoms with Gasteiger partial charge in [-0.3, -0.25) is 14.9 Å². The predicted molar refractivity (Wildman–Crippen MR) is 145 cm³/mol. The number of likely N-dealkylation sites (tertiary alicyclic amines) is 1. The molecule has 3 N–H and O–H groups in total. The number of carboxylic acids is 2. The molecule has 0 aliphatic carbocycles. The molecule has 3 atom stereocenters. The highest BCUT2D eigenvalue weighted by Gasteiger charge is 2.38. The van der Waals surface area contributed by atoms with Gasteiger partial charge in [0.1, 0.15) is 12.1 Å². The molecule has 0 radical (unpaired) electrons. The van der Waals surface area contributed by atoms with Gasteiger partial charge in [-0.1, -0.05) is 30.3 Å². The van der Waals surface area contributed by atoms with Gasteiger partial charge in [0.2, 0.25) is 5.91 Å². The lowest BCUT2D eigenvalue weighted by Gasteiger charge is -2.28. The Labute approximate surface area is 242 Å². The highest BCUT2D eigenvalue weighted by molar-refractivity contribution is 5.90. The van der Waals surface area contributed by atoms with Gasteiger partial charge in [0.05, 0.1) is 25.9 Å². The molecule has 1 aliphatic rings. The number of carbonyl (C=O) groups is 5. The molecule has 1 aliphatic heterocycles. The number of carbonyl (C=O) groups excluding carboxylic acids is 3. The van der Waals surface area contributed by atoms with Crippen LogP contribution in [0.4, 0.5) is 0 Å². The number of nitrogens with zero attached hydrogens (tertiary/aromatic N) is 2. The Morgan fingerprint density at radius 1 is 1.10 bits per heavy atom. The van der Waals surface area contributed by atoms with Crippen molar-refractivity contribution in [3.05, 3.63) is 58.2 Å². The number of carboxylic acid groups (broad SMARTS) is 2. The smallest absolute Gasteiger partial charge is 0.328 e. The molecule has 15 heteroatoms. The molecular formula is C27H37N3O12. The van der Waals surface area contributed by atoms with Crippen LogP contribution in [0.1, 0.15) is 45.1 Å². The van der Waals surface area contributed by atoms with E-state index in [9.17, 15) is 34.1 Å². The van der Waals surface area contributed by atoms with Gasteiger partial charge in [-0.05, 0) is 45.1 Å². The number of hydrogen-bond donors (Lipinski definition) is 3. The van der Waals surface area contributed by atoms with Crippen LogP contribution in [0.5, 0.6) is 0 Å². The fourth-order valence-electron chi connectivity index (χ4n) is 3.97. The highest BCUT2D eigenvalue weighted by Crippen LogP contribution is 2.20. The fraction of sp³-hybridized carbons (Fsp3) is 0.519. The van der Waals surface area contributed by atoms with Crippen molar-refractivity contribution in [1.82, 2.24) is 10.2 Å².